The second-order valence-corrected chi connectivity index (χ2v) is 7.15. The van der Waals surface area contributed by atoms with E-state index in [1.54, 1.807) is 6.07 Å². The molecule has 1 unspecified atom stereocenters. The van der Waals surface area contributed by atoms with Crippen molar-refractivity contribution in [1.29, 1.82) is 0 Å². The van der Waals surface area contributed by atoms with Crippen molar-refractivity contribution in [3.05, 3.63) is 16.5 Å². The van der Waals surface area contributed by atoms with E-state index in [4.69, 9.17) is 0 Å². The molecule has 0 spiro atoms. The Kier molecular flexibility index (Phi) is 7.22. The van der Waals surface area contributed by atoms with Crippen molar-refractivity contribution in [1.82, 2.24) is 5.32 Å². The zero-order chi connectivity index (χ0) is 17.6. The summed E-state index contributed by atoms with van der Waals surface area (Å²) in [6.07, 6.45) is 1.44. The third-order valence-corrected chi connectivity index (χ3v) is 4.11. The lowest BCUT2D eigenvalue weighted by Gasteiger charge is -2.16. The van der Waals surface area contributed by atoms with Crippen LogP contribution in [-0.4, -0.2) is 28.9 Å². The average Bonchev–Trinajstić information content (AvgIpc) is 2.78. The standard InChI is InChI=1S/C16H24N2O4S/c1-5-6-13(19)18-15-11(8-10(4)23-15)14(20)17-12(16(21)22)7-9(2)3/h8-9,12H,5-7H2,1-4H3,(H,17,20)(H,18,19)(H,21,22). The Morgan fingerprint density at radius 2 is 1.96 bits per heavy atom. The first kappa shape index (κ1) is 19.2. The predicted octanol–water partition coefficient (Wildman–Crippen LogP) is 3.02. The van der Waals surface area contributed by atoms with Gasteiger partial charge in [0.15, 0.2) is 0 Å². The second-order valence-electron chi connectivity index (χ2n) is 5.89. The number of anilines is 1. The first-order valence-corrected chi connectivity index (χ1v) is 8.50. The monoisotopic (exact) mass is 340 g/mol. The number of aliphatic carboxylic acids is 1. The van der Waals surface area contributed by atoms with E-state index in [0.717, 1.165) is 4.88 Å². The van der Waals surface area contributed by atoms with Crippen LogP contribution in [0.5, 0.6) is 0 Å². The molecule has 2 amide bonds. The van der Waals surface area contributed by atoms with Gasteiger partial charge in [-0.05, 0) is 31.7 Å². The summed E-state index contributed by atoms with van der Waals surface area (Å²) in [7, 11) is 0. The molecule has 0 aromatic carbocycles. The van der Waals surface area contributed by atoms with E-state index < -0.39 is 17.9 Å². The molecular formula is C16H24N2O4S. The lowest BCUT2D eigenvalue weighted by molar-refractivity contribution is -0.139. The van der Waals surface area contributed by atoms with Crippen molar-refractivity contribution in [3.63, 3.8) is 0 Å². The fourth-order valence-corrected chi connectivity index (χ4v) is 3.05. The summed E-state index contributed by atoms with van der Waals surface area (Å²) in [5, 5.41) is 15.0. The highest BCUT2D eigenvalue weighted by molar-refractivity contribution is 7.16. The normalized spacial score (nSPS) is 12.0. The summed E-state index contributed by atoms with van der Waals surface area (Å²) in [4.78, 5) is 36.3. The Morgan fingerprint density at radius 1 is 1.30 bits per heavy atom. The number of aryl methyl sites for hydroxylation is 1. The lowest BCUT2D eigenvalue weighted by atomic mass is 10.0. The van der Waals surface area contributed by atoms with Crippen molar-refractivity contribution in [2.24, 2.45) is 5.92 Å². The maximum absolute atomic E-state index is 12.4. The van der Waals surface area contributed by atoms with Crippen LogP contribution in [0.3, 0.4) is 0 Å². The highest BCUT2D eigenvalue weighted by atomic mass is 32.1. The third-order valence-electron chi connectivity index (χ3n) is 3.14. The Morgan fingerprint density at radius 3 is 2.48 bits per heavy atom. The number of carbonyl (C=O) groups is 3. The third kappa shape index (κ3) is 6.02. The molecule has 0 bridgehead atoms. The second kappa shape index (κ2) is 8.67. The SMILES string of the molecule is CCCC(=O)Nc1sc(C)cc1C(=O)NC(CC(C)C)C(=O)O. The fourth-order valence-electron chi connectivity index (χ4n) is 2.12. The molecule has 0 fully saturated rings. The number of hydrogen-bond acceptors (Lipinski definition) is 4. The minimum absolute atomic E-state index is 0.143. The minimum Gasteiger partial charge on any atom is -0.480 e. The Bertz CT molecular complexity index is 581. The van der Waals surface area contributed by atoms with Crippen LogP contribution in [0, 0.1) is 12.8 Å². The smallest absolute Gasteiger partial charge is 0.326 e. The van der Waals surface area contributed by atoms with Crippen LogP contribution in [0.4, 0.5) is 5.00 Å². The van der Waals surface area contributed by atoms with Crippen molar-refractivity contribution >= 4 is 34.1 Å². The van der Waals surface area contributed by atoms with Crippen LogP contribution in [0.1, 0.15) is 55.3 Å². The quantitative estimate of drug-likeness (QED) is 0.678. The van der Waals surface area contributed by atoms with Gasteiger partial charge in [-0.15, -0.1) is 11.3 Å². The molecule has 3 N–H and O–H groups in total. The molecule has 6 nitrogen and oxygen atoms in total. The van der Waals surface area contributed by atoms with Crippen LogP contribution < -0.4 is 10.6 Å². The molecule has 1 aromatic rings. The molecule has 23 heavy (non-hydrogen) atoms. The van der Waals surface area contributed by atoms with Gasteiger partial charge in [0.25, 0.3) is 5.91 Å². The molecule has 0 saturated carbocycles. The van der Waals surface area contributed by atoms with Crippen LogP contribution >= 0.6 is 11.3 Å². The number of amides is 2. The predicted molar refractivity (Wildman–Crippen MR) is 90.9 cm³/mol. The van der Waals surface area contributed by atoms with Crippen molar-refractivity contribution in [3.8, 4) is 0 Å². The van der Waals surface area contributed by atoms with Gasteiger partial charge in [0.05, 0.1) is 5.56 Å². The van der Waals surface area contributed by atoms with E-state index in [9.17, 15) is 19.5 Å². The van der Waals surface area contributed by atoms with E-state index in [1.807, 2.05) is 27.7 Å². The number of thiophene rings is 1. The largest absolute Gasteiger partial charge is 0.480 e. The summed E-state index contributed by atoms with van der Waals surface area (Å²) in [6, 6.07) is 0.720. The Balaban J connectivity index is 2.90. The van der Waals surface area contributed by atoms with Gasteiger partial charge in [0.2, 0.25) is 5.91 Å². The topological polar surface area (TPSA) is 95.5 Å². The Hall–Kier alpha value is -1.89. The molecule has 0 saturated heterocycles. The van der Waals surface area contributed by atoms with E-state index >= 15 is 0 Å². The fraction of sp³-hybridized carbons (Fsp3) is 0.562. The van der Waals surface area contributed by atoms with Crippen LogP contribution in [0.25, 0.3) is 0 Å². The molecular weight excluding hydrogens is 316 g/mol. The van der Waals surface area contributed by atoms with Gasteiger partial charge in [-0.3, -0.25) is 9.59 Å². The summed E-state index contributed by atoms with van der Waals surface area (Å²) < 4.78 is 0. The molecule has 0 aliphatic rings. The minimum atomic E-state index is -1.06. The lowest BCUT2D eigenvalue weighted by Crippen LogP contribution is -2.41. The summed E-state index contributed by atoms with van der Waals surface area (Å²) >= 11 is 1.31. The maximum atomic E-state index is 12.4. The average molecular weight is 340 g/mol. The maximum Gasteiger partial charge on any atom is 0.326 e. The number of rotatable bonds is 8. The van der Waals surface area contributed by atoms with E-state index in [-0.39, 0.29) is 11.8 Å². The van der Waals surface area contributed by atoms with Gasteiger partial charge < -0.3 is 15.7 Å². The van der Waals surface area contributed by atoms with Gasteiger partial charge in [0.1, 0.15) is 11.0 Å². The van der Waals surface area contributed by atoms with Gasteiger partial charge >= 0.3 is 5.97 Å². The summed E-state index contributed by atoms with van der Waals surface area (Å²) in [5.74, 6) is -1.55. The number of carbonyl (C=O) groups excluding carboxylic acids is 2. The zero-order valence-electron chi connectivity index (χ0n) is 13.9. The molecule has 128 valence electrons. The van der Waals surface area contributed by atoms with Crippen molar-refractivity contribution in [2.75, 3.05) is 5.32 Å². The molecule has 0 radical (unpaired) electrons. The summed E-state index contributed by atoms with van der Waals surface area (Å²) in [6.45, 7) is 7.52. The molecule has 1 rings (SSSR count). The highest BCUT2D eigenvalue weighted by Crippen LogP contribution is 2.28. The van der Waals surface area contributed by atoms with Gasteiger partial charge in [-0.2, -0.15) is 0 Å². The molecule has 7 heteroatoms. The van der Waals surface area contributed by atoms with E-state index in [0.29, 0.717) is 29.8 Å². The van der Waals surface area contributed by atoms with E-state index in [1.165, 1.54) is 11.3 Å². The zero-order valence-corrected chi connectivity index (χ0v) is 14.8. The molecule has 0 aliphatic carbocycles. The van der Waals surface area contributed by atoms with Crippen LogP contribution in [0.15, 0.2) is 6.07 Å². The number of carboxylic acids is 1. The van der Waals surface area contributed by atoms with E-state index in [2.05, 4.69) is 10.6 Å². The molecule has 1 atom stereocenters. The van der Waals surface area contributed by atoms with Gasteiger partial charge in [0, 0.05) is 11.3 Å². The van der Waals surface area contributed by atoms with Crippen molar-refractivity contribution < 1.29 is 19.5 Å². The van der Waals surface area contributed by atoms with Crippen LogP contribution in [-0.2, 0) is 9.59 Å². The molecule has 0 aliphatic heterocycles. The van der Waals surface area contributed by atoms with Gasteiger partial charge in [-0.1, -0.05) is 20.8 Å². The first-order valence-electron chi connectivity index (χ1n) is 7.68. The van der Waals surface area contributed by atoms with Crippen LogP contribution in [0.2, 0.25) is 0 Å². The number of hydrogen-bond donors (Lipinski definition) is 3. The number of carboxylic acid groups (broad SMARTS) is 1. The van der Waals surface area contributed by atoms with Gasteiger partial charge in [-0.25, -0.2) is 4.79 Å². The molecule has 1 aromatic heterocycles. The summed E-state index contributed by atoms with van der Waals surface area (Å²) in [5.41, 5.74) is 0.312. The molecule has 1 heterocycles. The number of nitrogens with one attached hydrogen (secondary N) is 2. The highest BCUT2D eigenvalue weighted by Gasteiger charge is 2.24. The first-order chi connectivity index (χ1) is 10.7. The van der Waals surface area contributed by atoms with Crippen molar-refractivity contribution in [2.45, 2.75) is 53.0 Å². The Labute approximate surface area is 140 Å².